The summed E-state index contributed by atoms with van der Waals surface area (Å²) >= 11 is 0. The number of hydrogen-bond donors (Lipinski definition) is 0. The lowest BCUT2D eigenvalue weighted by Gasteiger charge is -2.22. The Morgan fingerprint density at radius 1 is 1.03 bits per heavy atom. The molecule has 1 fully saturated rings. The molecule has 0 radical (unpaired) electrons. The molecule has 0 unspecified atom stereocenters. The minimum atomic E-state index is -0.355. The van der Waals surface area contributed by atoms with Crippen molar-refractivity contribution in [1.29, 1.82) is 0 Å². The Kier molecular flexibility index (Phi) is 6.20. The van der Waals surface area contributed by atoms with Gasteiger partial charge in [-0.3, -0.25) is 13.9 Å². The molecule has 1 saturated heterocycles. The van der Waals surface area contributed by atoms with Crippen molar-refractivity contribution in [1.82, 2.24) is 14.0 Å². The van der Waals surface area contributed by atoms with Gasteiger partial charge < -0.3 is 4.90 Å². The zero-order valence-electron chi connectivity index (χ0n) is 18.0. The molecule has 1 aliphatic heterocycles. The molecule has 0 aliphatic carbocycles. The van der Waals surface area contributed by atoms with E-state index in [1.165, 1.54) is 28.3 Å². The number of aromatic nitrogens is 2. The van der Waals surface area contributed by atoms with Crippen molar-refractivity contribution in [2.24, 2.45) is 19.1 Å². The van der Waals surface area contributed by atoms with Crippen molar-refractivity contribution in [3.05, 3.63) is 67.4 Å². The SMILES string of the molecule is C/C(=N\c1c(C)c(=O)n(C)c(=O)n1C)N1CCC/C(=C\c2ccccc2C)CC1. The highest BCUT2D eigenvalue weighted by molar-refractivity contribution is 5.82. The molecule has 3 rings (SSSR count). The Morgan fingerprint density at radius 2 is 1.76 bits per heavy atom. The smallest absolute Gasteiger partial charge is 0.332 e. The second-order valence-electron chi connectivity index (χ2n) is 7.81. The summed E-state index contributed by atoms with van der Waals surface area (Å²) in [6.07, 6.45) is 5.43. The predicted octanol–water partition coefficient (Wildman–Crippen LogP) is 3.32. The molecular formula is C23H30N4O2. The van der Waals surface area contributed by atoms with Gasteiger partial charge in [-0.1, -0.05) is 35.9 Å². The molecule has 154 valence electrons. The van der Waals surface area contributed by atoms with E-state index in [-0.39, 0.29) is 11.2 Å². The number of amidine groups is 1. The third-order valence-electron chi connectivity index (χ3n) is 5.75. The van der Waals surface area contributed by atoms with Gasteiger partial charge in [0.25, 0.3) is 5.56 Å². The highest BCUT2D eigenvalue weighted by Gasteiger charge is 2.16. The summed E-state index contributed by atoms with van der Waals surface area (Å²) in [5, 5.41) is 0. The van der Waals surface area contributed by atoms with Gasteiger partial charge in [-0.2, -0.15) is 0 Å². The molecule has 1 aliphatic rings. The number of likely N-dealkylation sites (tertiary alicyclic amines) is 1. The molecule has 29 heavy (non-hydrogen) atoms. The van der Waals surface area contributed by atoms with Gasteiger partial charge >= 0.3 is 5.69 Å². The molecule has 6 nitrogen and oxygen atoms in total. The summed E-state index contributed by atoms with van der Waals surface area (Å²) in [6, 6.07) is 8.45. The second-order valence-corrected chi connectivity index (χ2v) is 7.81. The minimum Gasteiger partial charge on any atom is -0.360 e. The van der Waals surface area contributed by atoms with Gasteiger partial charge in [-0.15, -0.1) is 0 Å². The van der Waals surface area contributed by atoms with E-state index in [0.717, 1.165) is 42.8 Å². The first-order valence-electron chi connectivity index (χ1n) is 10.1. The van der Waals surface area contributed by atoms with Crippen LogP contribution in [0, 0.1) is 13.8 Å². The third-order valence-corrected chi connectivity index (χ3v) is 5.75. The van der Waals surface area contributed by atoms with Crippen LogP contribution in [-0.2, 0) is 14.1 Å². The third kappa shape index (κ3) is 4.42. The molecule has 1 aromatic heterocycles. The summed E-state index contributed by atoms with van der Waals surface area (Å²) in [4.78, 5) is 31.5. The Balaban J connectivity index is 1.83. The average molecular weight is 395 g/mol. The molecule has 0 saturated carbocycles. The van der Waals surface area contributed by atoms with E-state index in [2.05, 4.69) is 47.2 Å². The Bertz CT molecular complexity index is 1050. The topological polar surface area (TPSA) is 59.6 Å². The molecule has 0 amide bonds. The van der Waals surface area contributed by atoms with E-state index >= 15 is 0 Å². The highest BCUT2D eigenvalue weighted by atomic mass is 16.2. The fourth-order valence-electron chi connectivity index (χ4n) is 3.83. The standard InChI is InChI=1S/C23H30N4O2/c1-16-9-6-7-11-20(16)15-19-10-8-13-27(14-12-19)18(3)24-21-17(2)22(28)26(5)23(29)25(21)4/h6-7,9,11,15H,8,10,12-14H2,1-5H3/b19-15+,24-18+. The molecule has 0 N–H and O–H groups in total. The summed E-state index contributed by atoms with van der Waals surface area (Å²) in [5.74, 6) is 1.28. The fourth-order valence-corrected chi connectivity index (χ4v) is 3.83. The monoisotopic (exact) mass is 394 g/mol. The van der Waals surface area contributed by atoms with E-state index in [0.29, 0.717) is 11.4 Å². The first-order chi connectivity index (χ1) is 13.8. The quantitative estimate of drug-likeness (QED) is 0.580. The molecule has 6 heteroatoms. The lowest BCUT2D eigenvalue weighted by atomic mass is 10.0. The molecule has 0 spiro atoms. The first-order valence-corrected chi connectivity index (χ1v) is 10.1. The van der Waals surface area contributed by atoms with Crippen molar-refractivity contribution < 1.29 is 0 Å². The van der Waals surface area contributed by atoms with E-state index in [9.17, 15) is 9.59 Å². The van der Waals surface area contributed by atoms with E-state index in [1.54, 1.807) is 14.0 Å². The van der Waals surface area contributed by atoms with Crippen LogP contribution in [0.15, 0.2) is 44.4 Å². The maximum Gasteiger partial charge on any atom is 0.332 e. The summed E-state index contributed by atoms with van der Waals surface area (Å²) in [7, 11) is 3.15. The van der Waals surface area contributed by atoms with Crippen molar-refractivity contribution in [3.8, 4) is 0 Å². The minimum absolute atomic E-state index is 0.293. The van der Waals surface area contributed by atoms with Gasteiger partial charge in [0.05, 0.1) is 5.56 Å². The molecular weight excluding hydrogens is 364 g/mol. The van der Waals surface area contributed by atoms with E-state index in [4.69, 9.17) is 0 Å². The van der Waals surface area contributed by atoms with Crippen LogP contribution in [0.4, 0.5) is 5.82 Å². The van der Waals surface area contributed by atoms with Crippen molar-refractivity contribution in [3.63, 3.8) is 0 Å². The average Bonchev–Trinajstić information content (AvgIpc) is 2.95. The molecule has 0 atom stereocenters. The van der Waals surface area contributed by atoms with Gasteiger partial charge in [0.15, 0.2) is 0 Å². The number of rotatable bonds is 2. The van der Waals surface area contributed by atoms with Gasteiger partial charge in [0.2, 0.25) is 0 Å². The zero-order chi connectivity index (χ0) is 21.1. The number of nitrogens with zero attached hydrogens (tertiary/aromatic N) is 4. The predicted molar refractivity (Wildman–Crippen MR) is 119 cm³/mol. The van der Waals surface area contributed by atoms with Crippen molar-refractivity contribution >= 4 is 17.7 Å². The van der Waals surface area contributed by atoms with Gasteiger partial charge in [-0.25, -0.2) is 9.79 Å². The van der Waals surface area contributed by atoms with Crippen molar-refractivity contribution in [2.75, 3.05) is 13.1 Å². The Labute approximate surface area is 171 Å². The van der Waals surface area contributed by atoms with Gasteiger partial charge in [0.1, 0.15) is 11.7 Å². The van der Waals surface area contributed by atoms with Gasteiger partial charge in [0, 0.05) is 27.2 Å². The molecule has 1 aromatic carbocycles. The van der Waals surface area contributed by atoms with Crippen LogP contribution >= 0.6 is 0 Å². The lowest BCUT2D eigenvalue weighted by molar-refractivity contribution is 0.434. The van der Waals surface area contributed by atoms with E-state index in [1.807, 2.05) is 6.92 Å². The number of hydrogen-bond acceptors (Lipinski definition) is 3. The summed E-state index contributed by atoms with van der Waals surface area (Å²) in [5.41, 5.74) is 3.87. The number of aliphatic imine (C=N–C) groups is 1. The lowest BCUT2D eigenvalue weighted by Crippen LogP contribution is -2.38. The molecule has 2 heterocycles. The fraction of sp³-hybridized carbons (Fsp3) is 0.435. The maximum absolute atomic E-state index is 12.3. The maximum atomic E-state index is 12.3. The molecule has 2 aromatic rings. The van der Waals surface area contributed by atoms with Crippen LogP contribution in [-0.4, -0.2) is 33.0 Å². The largest absolute Gasteiger partial charge is 0.360 e. The number of aryl methyl sites for hydroxylation is 1. The second kappa shape index (κ2) is 8.64. The summed E-state index contributed by atoms with van der Waals surface area (Å²) in [6.45, 7) is 7.61. The highest BCUT2D eigenvalue weighted by Crippen LogP contribution is 2.22. The number of benzene rings is 1. The first kappa shape index (κ1) is 20.8. The zero-order valence-corrected chi connectivity index (χ0v) is 18.0. The normalized spacial score (nSPS) is 16.9. The van der Waals surface area contributed by atoms with Gasteiger partial charge in [-0.05, 0) is 51.2 Å². The van der Waals surface area contributed by atoms with Crippen LogP contribution in [0.1, 0.15) is 42.9 Å². The van der Waals surface area contributed by atoms with Crippen LogP contribution in [0.5, 0.6) is 0 Å². The Hall–Kier alpha value is -2.89. The molecule has 0 bridgehead atoms. The van der Waals surface area contributed by atoms with Crippen LogP contribution in [0.3, 0.4) is 0 Å². The Morgan fingerprint density at radius 3 is 2.48 bits per heavy atom. The van der Waals surface area contributed by atoms with E-state index < -0.39 is 0 Å². The van der Waals surface area contributed by atoms with Crippen LogP contribution in [0.25, 0.3) is 6.08 Å². The summed E-state index contributed by atoms with van der Waals surface area (Å²) < 4.78 is 2.57. The van der Waals surface area contributed by atoms with Crippen LogP contribution in [0.2, 0.25) is 0 Å². The van der Waals surface area contributed by atoms with Crippen LogP contribution < -0.4 is 11.2 Å². The van der Waals surface area contributed by atoms with Crippen molar-refractivity contribution in [2.45, 2.75) is 40.0 Å².